The molecule has 1 N–H and O–H groups in total. The van der Waals surface area contributed by atoms with E-state index >= 15 is 0 Å². The number of carbonyl (C=O) groups is 1. The Bertz CT molecular complexity index is 717. The molecule has 0 unspecified atom stereocenters. The summed E-state index contributed by atoms with van der Waals surface area (Å²) in [4.78, 5) is 18.3. The molecule has 5 heteroatoms. The quantitative estimate of drug-likeness (QED) is 0.811. The first-order chi connectivity index (χ1) is 11.2. The zero-order valence-electron chi connectivity index (χ0n) is 13.2. The largest absolute Gasteiger partial charge is 0.381 e. The summed E-state index contributed by atoms with van der Waals surface area (Å²) in [6.07, 6.45) is 3.82. The highest BCUT2D eigenvalue weighted by Crippen LogP contribution is 2.26. The third kappa shape index (κ3) is 3.48. The summed E-state index contributed by atoms with van der Waals surface area (Å²) in [5.74, 6) is 0.148. The van der Waals surface area contributed by atoms with E-state index in [-0.39, 0.29) is 5.91 Å². The van der Waals surface area contributed by atoms with Crippen LogP contribution in [0, 0.1) is 0 Å². The lowest BCUT2D eigenvalue weighted by molar-refractivity contribution is 0.0776. The third-order valence-electron chi connectivity index (χ3n) is 4.08. The molecule has 0 aliphatic carbocycles. The van der Waals surface area contributed by atoms with Gasteiger partial charge in [-0.05, 0) is 36.2 Å². The van der Waals surface area contributed by atoms with Gasteiger partial charge in [-0.2, -0.15) is 0 Å². The van der Waals surface area contributed by atoms with E-state index in [1.807, 2.05) is 29.2 Å². The van der Waals surface area contributed by atoms with E-state index in [2.05, 4.69) is 23.3 Å². The Morgan fingerprint density at radius 3 is 3.00 bits per heavy atom. The van der Waals surface area contributed by atoms with Crippen LogP contribution in [0.25, 0.3) is 0 Å². The van der Waals surface area contributed by atoms with Crippen LogP contribution < -0.4 is 5.32 Å². The van der Waals surface area contributed by atoms with Crippen LogP contribution >= 0.6 is 11.6 Å². The summed E-state index contributed by atoms with van der Waals surface area (Å²) in [5.41, 5.74) is 3.86. The molecule has 0 saturated heterocycles. The number of unbranched alkanes of at least 4 members (excludes halogenated alkanes) is 1. The summed E-state index contributed by atoms with van der Waals surface area (Å²) in [7, 11) is 0. The zero-order valence-corrected chi connectivity index (χ0v) is 13.9. The Morgan fingerprint density at radius 1 is 1.35 bits per heavy atom. The first-order valence-corrected chi connectivity index (χ1v) is 8.32. The fraction of sp³-hybridized carbons (Fsp3) is 0.333. The molecule has 2 heterocycles. The van der Waals surface area contributed by atoms with E-state index in [1.54, 1.807) is 6.20 Å². The molecule has 0 radical (unpaired) electrons. The Morgan fingerprint density at radius 2 is 2.22 bits per heavy atom. The van der Waals surface area contributed by atoms with Crippen molar-refractivity contribution in [1.82, 2.24) is 9.88 Å². The number of pyridine rings is 1. The molecule has 3 rings (SSSR count). The maximum Gasteiger partial charge on any atom is 0.254 e. The van der Waals surface area contributed by atoms with Crippen molar-refractivity contribution in [3.63, 3.8) is 0 Å². The number of aromatic nitrogens is 1. The fourth-order valence-electron chi connectivity index (χ4n) is 2.77. The first kappa shape index (κ1) is 15.8. The molecule has 0 atom stereocenters. The van der Waals surface area contributed by atoms with Gasteiger partial charge >= 0.3 is 0 Å². The topological polar surface area (TPSA) is 45.2 Å². The van der Waals surface area contributed by atoms with Gasteiger partial charge in [-0.25, -0.2) is 4.98 Å². The average Bonchev–Trinajstić information content (AvgIpc) is 2.88. The minimum absolute atomic E-state index is 0.148. The molecule has 2 aromatic rings. The van der Waals surface area contributed by atoms with Gasteiger partial charge in [-0.3, -0.25) is 4.79 Å². The van der Waals surface area contributed by atoms with E-state index in [4.69, 9.17) is 11.6 Å². The standard InChI is InChI=1S/C18H20ClN3O/c1-2-3-9-22-12-14-10-15(6-7-16(14)18(22)23)21-11-13-5-4-8-20-17(13)19/h4-8,10,21H,2-3,9,11-12H2,1H3. The normalized spacial score (nSPS) is 13.3. The smallest absolute Gasteiger partial charge is 0.254 e. The van der Waals surface area contributed by atoms with E-state index in [9.17, 15) is 4.79 Å². The highest BCUT2D eigenvalue weighted by molar-refractivity contribution is 6.30. The van der Waals surface area contributed by atoms with Gasteiger partial charge in [0.05, 0.1) is 0 Å². The maximum absolute atomic E-state index is 12.3. The van der Waals surface area contributed by atoms with E-state index < -0.39 is 0 Å². The summed E-state index contributed by atoms with van der Waals surface area (Å²) < 4.78 is 0. The average molecular weight is 330 g/mol. The summed E-state index contributed by atoms with van der Waals surface area (Å²) in [5, 5.41) is 3.87. The Kier molecular flexibility index (Phi) is 4.82. The number of anilines is 1. The maximum atomic E-state index is 12.3. The highest BCUT2D eigenvalue weighted by atomic mass is 35.5. The van der Waals surface area contributed by atoms with Crippen molar-refractivity contribution in [2.75, 3.05) is 11.9 Å². The van der Waals surface area contributed by atoms with Crippen molar-refractivity contribution in [1.29, 1.82) is 0 Å². The lowest BCUT2D eigenvalue weighted by Gasteiger charge is -2.14. The highest BCUT2D eigenvalue weighted by Gasteiger charge is 2.26. The molecule has 120 valence electrons. The van der Waals surface area contributed by atoms with Crippen molar-refractivity contribution in [3.05, 3.63) is 58.4 Å². The van der Waals surface area contributed by atoms with E-state index in [0.717, 1.165) is 41.8 Å². The fourth-order valence-corrected chi connectivity index (χ4v) is 2.96. The van der Waals surface area contributed by atoms with Crippen LogP contribution in [0.15, 0.2) is 36.5 Å². The van der Waals surface area contributed by atoms with Gasteiger partial charge in [0.25, 0.3) is 5.91 Å². The third-order valence-corrected chi connectivity index (χ3v) is 4.43. The van der Waals surface area contributed by atoms with Crippen molar-refractivity contribution in [3.8, 4) is 0 Å². The van der Waals surface area contributed by atoms with Crippen molar-refractivity contribution >= 4 is 23.2 Å². The Labute approximate surface area is 141 Å². The molecule has 0 saturated carbocycles. The monoisotopic (exact) mass is 329 g/mol. The second kappa shape index (κ2) is 7.01. The second-order valence-electron chi connectivity index (χ2n) is 5.76. The number of nitrogens with zero attached hydrogens (tertiary/aromatic N) is 2. The van der Waals surface area contributed by atoms with Crippen LogP contribution in [-0.4, -0.2) is 22.3 Å². The summed E-state index contributed by atoms with van der Waals surface area (Å²) in [6.45, 7) is 4.29. The van der Waals surface area contributed by atoms with E-state index in [1.165, 1.54) is 0 Å². The second-order valence-corrected chi connectivity index (χ2v) is 6.12. The SMILES string of the molecule is CCCCN1Cc2cc(NCc3cccnc3Cl)ccc2C1=O. The Hall–Kier alpha value is -2.07. The molecule has 1 aromatic heterocycles. The summed E-state index contributed by atoms with van der Waals surface area (Å²) >= 11 is 6.07. The van der Waals surface area contributed by atoms with Crippen LogP contribution in [0.4, 0.5) is 5.69 Å². The van der Waals surface area contributed by atoms with Crippen molar-refractivity contribution < 1.29 is 4.79 Å². The van der Waals surface area contributed by atoms with Crippen LogP contribution in [0.2, 0.25) is 5.15 Å². The molecule has 0 fully saturated rings. The molecule has 1 aliphatic rings. The number of nitrogens with one attached hydrogen (secondary N) is 1. The lowest BCUT2D eigenvalue weighted by Crippen LogP contribution is -2.24. The molecular formula is C18H20ClN3O. The molecule has 1 amide bonds. The van der Waals surface area contributed by atoms with Crippen LogP contribution in [0.3, 0.4) is 0 Å². The molecular weight excluding hydrogens is 310 g/mol. The summed E-state index contributed by atoms with van der Waals surface area (Å²) in [6, 6.07) is 9.74. The number of fused-ring (bicyclic) bond motifs is 1. The van der Waals surface area contributed by atoms with Crippen molar-refractivity contribution in [2.24, 2.45) is 0 Å². The number of amides is 1. The molecule has 0 bridgehead atoms. The number of carbonyl (C=O) groups excluding carboxylic acids is 1. The van der Waals surface area contributed by atoms with Crippen LogP contribution in [0.1, 0.15) is 41.3 Å². The molecule has 0 spiro atoms. The number of halogens is 1. The first-order valence-electron chi connectivity index (χ1n) is 7.94. The van der Waals surface area contributed by atoms with Crippen LogP contribution in [-0.2, 0) is 13.1 Å². The minimum Gasteiger partial charge on any atom is -0.381 e. The van der Waals surface area contributed by atoms with Gasteiger partial charge in [0.1, 0.15) is 5.15 Å². The minimum atomic E-state index is 0.148. The zero-order chi connectivity index (χ0) is 16.2. The molecule has 1 aliphatic heterocycles. The van der Waals surface area contributed by atoms with Gasteiger partial charge in [-0.1, -0.05) is 31.0 Å². The molecule has 4 nitrogen and oxygen atoms in total. The van der Waals surface area contributed by atoms with Crippen LogP contribution in [0.5, 0.6) is 0 Å². The van der Waals surface area contributed by atoms with Gasteiger partial charge in [0.2, 0.25) is 0 Å². The lowest BCUT2D eigenvalue weighted by atomic mass is 10.1. The predicted octanol–water partition coefficient (Wildman–Crippen LogP) is 4.10. The number of hydrogen-bond acceptors (Lipinski definition) is 3. The van der Waals surface area contributed by atoms with Gasteiger partial charge < -0.3 is 10.2 Å². The van der Waals surface area contributed by atoms with Gasteiger partial charge in [0.15, 0.2) is 0 Å². The molecule has 23 heavy (non-hydrogen) atoms. The number of rotatable bonds is 6. The predicted molar refractivity (Wildman–Crippen MR) is 92.7 cm³/mol. The van der Waals surface area contributed by atoms with Gasteiger partial charge in [0, 0.05) is 42.6 Å². The molecule has 1 aromatic carbocycles. The van der Waals surface area contributed by atoms with Crippen molar-refractivity contribution in [2.45, 2.75) is 32.9 Å². The van der Waals surface area contributed by atoms with E-state index in [0.29, 0.717) is 18.2 Å². The Balaban J connectivity index is 1.68. The van der Waals surface area contributed by atoms with Gasteiger partial charge in [-0.15, -0.1) is 0 Å². The number of benzene rings is 1. The number of hydrogen-bond donors (Lipinski definition) is 1.